The smallest absolute Gasteiger partial charge is 1.00 e. The molecule has 0 spiro atoms. The van der Waals surface area contributed by atoms with Crippen molar-refractivity contribution in [1.82, 2.24) is 0 Å². The molecule has 0 heterocycles. The van der Waals surface area contributed by atoms with E-state index in [9.17, 15) is 0 Å². The van der Waals surface area contributed by atoms with Gasteiger partial charge in [-0.3, -0.25) is 0 Å². The fraction of sp³-hybridized carbons (Fsp3) is 0.364. The average Bonchev–Trinajstić information content (AvgIpc) is 3.09. The Morgan fingerprint density at radius 3 is 2.30 bits per heavy atom. The first-order valence-electron chi connectivity index (χ1n) is 9.06. The van der Waals surface area contributed by atoms with Gasteiger partial charge in [0.05, 0.1) is 0 Å². The van der Waals surface area contributed by atoms with Gasteiger partial charge in [-0.05, 0) is 0 Å². The van der Waals surface area contributed by atoms with Crippen LogP contribution in [0, 0.1) is 0 Å². The van der Waals surface area contributed by atoms with E-state index in [1.165, 1.54) is 67.0 Å². The molecule has 0 aliphatic heterocycles. The molecule has 0 radical (unpaired) electrons. The van der Waals surface area contributed by atoms with Gasteiger partial charge in [-0.15, -0.1) is 0 Å². The Balaban J connectivity index is 0.00000182. The molecule has 27 heavy (non-hydrogen) atoms. The molecule has 0 unspecified atom stereocenters. The van der Waals surface area contributed by atoms with Crippen molar-refractivity contribution >= 4 is 17.2 Å². The van der Waals surface area contributed by atoms with Gasteiger partial charge in [0.1, 0.15) is 0 Å². The van der Waals surface area contributed by atoms with E-state index in [4.69, 9.17) is 4.43 Å². The van der Waals surface area contributed by atoms with Gasteiger partial charge < -0.3 is 24.8 Å². The van der Waals surface area contributed by atoms with Crippen molar-refractivity contribution in [2.24, 2.45) is 0 Å². The maximum Gasteiger partial charge on any atom is -1.00 e. The quantitative estimate of drug-likeness (QED) is 0.531. The zero-order valence-electron chi connectivity index (χ0n) is 16.7. The molecule has 0 atom stereocenters. The molecule has 0 saturated heterocycles. The Labute approximate surface area is 192 Å². The second-order valence-corrected chi connectivity index (χ2v) is 13.7. The summed E-state index contributed by atoms with van der Waals surface area (Å²) in [7, 11) is -1.44. The molecule has 3 rings (SSSR count). The van der Waals surface area contributed by atoms with Crippen LogP contribution in [0.1, 0.15) is 37.8 Å². The van der Waals surface area contributed by atoms with Crippen LogP contribution in [0.15, 0.2) is 58.7 Å². The number of fused-ring (bicyclic) bond motifs is 1. The molecule has 0 saturated carbocycles. The Morgan fingerprint density at radius 1 is 1.07 bits per heavy atom. The minimum atomic E-state index is -1.44. The second-order valence-electron chi connectivity index (χ2n) is 7.99. The molecule has 5 heteroatoms. The fourth-order valence-corrected chi connectivity index (χ4v) is 5.58. The Kier molecular flexibility index (Phi) is 9.24. The summed E-state index contributed by atoms with van der Waals surface area (Å²) in [6.45, 7) is 12.1. The zero-order valence-corrected chi connectivity index (χ0v) is 21.7. The zero-order chi connectivity index (χ0) is 18.2. The maximum absolute atomic E-state index is 6.11. The van der Waals surface area contributed by atoms with Gasteiger partial charge in [0.2, 0.25) is 0 Å². The summed E-state index contributed by atoms with van der Waals surface area (Å²) >= 11 is 1.50. The first kappa shape index (κ1) is 24.9. The molecule has 0 N–H and O–H groups in total. The van der Waals surface area contributed by atoms with Gasteiger partial charge in [0.15, 0.2) is 0 Å². The first-order chi connectivity index (χ1) is 11.8. The van der Waals surface area contributed by atoms with E-state index in [-0.39, 0.29) is 24.8 Å². The van der Waals surface area contributed by atoms with Crippen LogP contribution in [0.25, 0.3) is 8.85 Å². The van der Waals surface area contributed by atoms with Gasteiger partial charge in [0, 0.05) is 0 Å². The molecule has 1 aromatic rings. The Hall–Kier alpha value is -0.180. The topological polar surface area (TPSA) is 9.23 Å². The first-order valence-corrected chi connectivity index (χ1v) is 13.7. The van der Waals surface area contributed by atoms with E-state index in [1.807, 2.05) is 0 Å². The van der Waals surface area contributed by atoms with Gasteiger partial charge in [-0.25, -0.2) is 0 Å². The van der Waals surface area contributed by atoms with Crippen molar-refractivity contribution in [3.05, 3.63) is 69.8 Å². The monoisotopic (exact) mass is 495 g/mol. The number of halogens is 2. The Morgan fingerprint density at radius 2 is 1.70 bits per heavy atom. The van der Waals surface area contributed by atoms with E-state index < -0.39 is 8.32 Å². The van der Waals surface area contributed by atoms with Crippen LogP contribution in [-0.4, -0.2) is 14.9 Å². The molecule has 1 aromatic carbocycles. The maximum atomic E-state index is 6.11. The third-order valence-corrected chi connectivity index (χ3v) is 7.05. The van der Waals surface area contributed by atoms with E-state index >= 15 is 0 Å². The van der Waals surface area contributed by atoms with Gasteiger partial charge in [-0.1, -0.05) is 0 Å². The standard InChI is InChI=1S/C22H27OSi.2ClH.Zr/c1-16(2)22-20-11-7-6-9-18(20)15-21(22)19-12-8-10-17(19)13-14-23-24(3,4)5;;;/h6-11H,12-14H2,1-5H3;2*1H;/q;;;+2/p-2. The summed E-state index contributed by atoms with van der Waals surface area (Å²) in [4.78, 5) is 0. The summed E-state index contributed by atoms with van der Waals surface area (Å²) < 4.78 is 7.63. The SMILES string of the molecule is CC(C)=C1C(C2=C(CCO[Si](C)(C)C)C=CC2)=[C]([Zr+2])c2ccccc21.[Cl-].[Cl-]. The van der Waals surface area contributed by atoms with Crippen molar-refractivity contribution in [1.29, 1.82) is 0 Å². The number of hydrogen-bond donors (Lipinski definition) is 0. The summed E-state index contributed by atoms with van der Waals surface area (Å²) in [5.41, 5.74) is 10.2. The van der Waals surface area contributed by atoms with Crippen molar-refractivity contribution in [2.75, 3.05) is 6.61 Å². The second kappa shape index (κ2) is 10.0. The molecular formula is C22H27Cl2OSiZr. The third-order valence-electron chi connectivity index (χ3n) is 4.70. The van der Waals surface area contributed by atoms with Gasteiger partial charge in [0.25, 0.3) is 0 Å². The minimum Gasteiger partial charge on any atom is -1.00 e. The molecular weight excluding hydrogens is 470 g/mol. The summed E-state index contributed by atoms with van der Waals surface area (Å²) in [5, 5.41) is 0. The molecule has 2 aliphatic rings. The predicted octanol–water partition coefficient (Wildman–Crippen LogP) is 0.258. The van der Waals surface area contributed by atoms with Crippen molar-refractivity contribution in [3.8, 4) is 0 Å². The van der Waals surface area contributed by atoms with Crippen LogP contribution in [0.5, 0.6) is 0 Å². The minimum absolute atomic E-state index is 0. The van der Waals surface area contributed by atoms with Gasteiger partial charge >= 0.3 is 169 Å². The number of benzene rings is 1. The molecule has 0 amide bonds. The van der Waals surface area contributed by atoms with E-state index in [2.05, 4.69) is 69.9 Å². The van der Waals surface area contributed by atoms with E-state index in [0.29, 0.717) is 0 Å². The van der Waals surface area contributed by atoms with Crippen LogP contribution in [0.3, 0.4) is 0 Å². The van der Waals surface area contributed by atoms with Crippen molar-refractivity contribution < 1.29 is 54.0 Å². The number of rotatable bonds is 5. The largest absolute Gasteiger partial charge is 1.00 e. The van der Waals surface area contributed by atoms with Crippen molar-refractivity contribution in [3.63, 3.8) is 0 Å². The van der Waals surface area contributed by atoms with Crippen molar-refractivity contribution in [2.45, 2.75) is 46.3 Å². The Bertz CT molecular complexity index is 825. The summed E-state index contributed by atoms with van der Waals surface area (Å²) in [5.74, 6) is 0. The van der Waals surface area contributed by atoms with Crippen LogP contribution in [0.4, 0.5) is 0 Å². The van der Waals surface area contributed by atoms with Gasteiger partial charge in [-0.2, -0.15) is 0 Å². The normalized spacial score (nSPS) is 15.7. The fourth-order valence-electron chi connectivity index (χ4n) is 3.65. The average molecular weight is 498 g/mol. The number of allylic oxidation sites excluding steroid dienone is 6. The van der Waals surface area contributed by atoms with Crippen LogP contribution in [-0.2, 0) is 29.1 Å². The molecule has 2 aliphatic carbocycles. The molecule has 0 aromatic heterocycles. The van der Waals surface area contributed by atoms with E-state index in [1.54, 1.807) is 0 Å². The van der Waals surface area contributed by atoms with Crippen LogP contribution >= 0.6 is 0 Å². The predicted molar refractivity (Wildman–Crippen MR) is 106 cm³/mol. The van der Waals surface area contributed by atoms with Crippen LogP contribution < -0.4 is 24.8 Å². The third kappa shape index (κ3) is 5.46. The molecule has 1 nitrogen and oxygen atoms in total. The summed E-state index contributed by atoms with van der Waals surface area (Å²) in [6, 6.07) is 8.90. The molecule has 0 fully saturated rings. The van der Waals surface area contributed by atoms with Crippen LogP contribution in [0.2, 0.25) is 19.6 Å². The molecule has 143 valence electrons. The number of hydrogen-bond acceptors (Lipinski definition) is 1. The summed E-state index contributed by atoms with van der Waals surface area (Å²) in [6.07, 6.45) is 6.72. The molecule has 0 bridgehead atoms. The van der Waals surface area contributed by atoms with E-state index in [0.717, 1.165) is 19.4 Å².